The van der Waals surface area contributed by atoms with Crippen molar-refractivity contribution in [1.29, 1.82) is 5.26 Å². The molecule has 2 heterocycles. The lowest BCUT2D eigenvalue weighted by atomic mass is 10.0. The lowest BCUT2D eigenvalue weighted by molar-refractivity contribution is 0.0535. The van der Waals surface area contributed by atoms with Crippen LogP contribution >= 0.6 is 0 Å². The van der Waals surface area contributed by atoms with Crippen LogP contribution in [0.1, 0.15) is 38.7 Å². The van der Waals surface area contributed by atoms with Crippen LogP contribution in [0.5, 0.6) is 5.75 Å². The summed E-state index contributed by atoms with van der Waals surface area (Å²) in [6, 6.07) is 13.3. The number of rotatable bonds is 7. The third-order valence-corrected chi connectivity index (χ3v) is 6.09. The zero-order chi connectivity index (χ0) is 21.8. The molecule has 0 aliphatic carbocycles. The molecule has 2 aromatic rings. The van der Waals surface area contributed by atoms with E-state index in [4.69, 9.17) is 14.7 Å². The fourth-order valence-electron chi connectivity index (χ4n) is 4.18. The molecule has 1 N–H and O–H groups in total. The molecule has 1 fully saturated rings. The maximum Gasteiger partial charge on any atom is 0.338 e. The van der Waals surface area contributed by atoms with Gasteiger partial charge in [0.1, 0.15) is 18.4 Å². The van der Waals surface area contributed by atoms with Crippen LogP contribution in [0.15, 0.2) is 36.4 Å². The molecule has 7 nitrogen and oxygen atoms in total. The van der Waals surface area contributed by atoms with E-state index in [1.807, 2.05) is 12.1 Å². The number of aliphatic hydroxyl groups is 1. The monoisotopic (exact) mass is 421 g/mol. The Hall–Kier alpha value is -2.92. The molecule has 7 heteroatoms. The highest BCUT2D eigenvalue weighted by Gasteiger charge is 2.22. The van der Waals surface area contributed by atoms with Crippen molar-refractivity contribution in [3.63, 3.8) is 0 Å². The van der Waals surface area contributed by atoms with Crippen LogP contribution in [-0.2, 0) is 17.8 Å². The summed E-state index contributed by atoms with van der Waals surface area (Å²) >= 11 is 0. The third-order valence-electron chi connectivity index (χ3n) is 6.09. The molecule has 4 rings (SSSR count). The van der Waals surface area contributed by atoms with Crippen LogP contribution in [0.4, 0.5) is 0 Å². The van der Waals surface area contributed by atoms with Crippen molar-refractivity contribution in [2.24, 2.45) is 0 Å². The zero-order valence-corrected chi connectivity index (χ0v) is 17.7. The number of fused-ring (bicyclic) bond motifs is 1. The first-order valence-corrected chi connectivity index (χ1v) is 10.6. The van der Waals surface area contributed by atoms with Gasteiger partial charge >= 0.3 is 5.97 Å². The van der Waals surface area contributed by atoms with Crippen LogP contribution in [0.25, 0.3) is 0 Å². The highest BCUT2D eigenvalue weighted by Crippen LogP contribution is 2.24. The summed E-state index contributed by atoms with van der Waals surface area (Å²) in [6.45, 7) is 5.62. The summed E-state index contributed by atoms with van der Waals surface area (Å²) in [5.74, 6) is 0.269. The Morgan fingerprint density at radius 3 is 2.68 bits per heavy atom. The van der Waals surface area contributed by atoms with E-state index in [0.717, 1.165) is 50.3 Å². The molecular weight excluding hydrogens is 394 g/mol. The van der Waals surface area contributed by atoms with E-state index in [0.29, 0.717) is 30.0 Å². The number of nitriles is 1. The second kappa shape index (κ2) is 9.48. The normalized spacial score (nSPS) is 17.6. The smallest absolute Gasteiger partial charge is 0.338 e. The molecule has 0 radical (unpaired) electrons. The van der Waals surface area contributed by atoms with Crippen molar-refractivity contribution in [2.45, 2.75) is 19.1 Å². The lowest BCUT2D eigenvalue weighted by Gasteiger charge is -2.35. The van der Waals surface area contributed by atoms with E-state index in [1.165, 1.54) is 12.7 Å². The molecule has 31 heavy (non-hydrogen) atoms. The largest absolute Gasteiger partial charge is 0.495 e. The molecule has 1 saturated heterocycles. The summed E-state index contributed by atoms with van der Waals surface area (Å²) in [6.07, 6.45) is 0.319. The average molecular weight is 421 g/mol. The van der Waals surface area contributed by atoms with E-state index >= 15 is 0 Å². The molecule has 0 aromatic heterocycles. The summed E-state index contributed by atoms with van der Waals surface area (Å²) in [5.41, 5.74) is 4.13. The molecule has 0 amide bonds. The SMILES string of the molecule is COc1cc(C(O)CN2CCN(CCc3ccc4c(c3)COC4=O)CC2)ccc1C#N. The highest BCUT2D eigenvalue weighted by atomic mass is 16.5. The number of carbonyl (C=O) groups excluding carboxylic acids is 1. The van der Waals surface area contributed by atoms with Crippen molar-refractivity contribution >= 4 is 5.97 Å². The average Bonchev–Trinajstić information content (AvgIpc) is 3.18. The standard InChI is InChI=1S/C24H27N3O4/c1-30-23-13-18(3-4-19(23)14-25)22(28)15-27-10-8-26(9-11-27)7-6-17-2-5-21-20(12-17)16-31-24(21)29/h2-5,12-13,22,28H,6-11,15-16H2,1H3. The lowest BCUT2D eigenvalue weighted by Crippen LogP contribution is -2.47. The molecule has 0 spiro atoms. The topological polar surface area (TPSA) is 86.0 Å². The van der Waals surface area contributed by atoms with E-state index in [2.05, 4.69) is 21.9 Å². The molecule has 1 unspecified atom stereocenters. The number of cyclic esters (lactones) is 1. The van der Waals surface area contributed by atoms with Gasteiger partial charge in [-0.1, -0.05) is 18.2 Å². The minimum absolute atomic E-state index is 0.223. The van der Waals surface area contributed by atoms with Gasteiger partial charge in [0.15, 0.2) is 0 Å². The van der Waals surface area contributed by atoms with E-state index < -0.39 is 6.10 Å². The first kappa shape index (κ1) is 21.3. The van der Waals surface area contributed by atoms with Crippen LogP contribution in [0.2, 0.25) is 0 Å². The number of piperazine rings is 1. The fourth-order valence-corrected chi connectivity index (χ4v) is 4.18. The number of benzene rings is 2. The van der Waals surface area contributed by atoms with Crippen LogP contribution < -0.4 is 4.74 Å². The molecule has 2 aliphatic heterocycles. The van der Waals surface area contributed by atoms with E-state index in [9.17, 15) is 9.90 Å². The van der Waals surface area contributed by atoms with Crippen molar-refractivity contribution in [3.8, 4) is 11.8 Å². The van der Waals surface area contributed by atoms with Gasteiger partial charge in [0.25, 0.3) is 0 Å². The molecule has 2 aliphatic rings. The number of aliphatic hydroxyl groups excluding tert-OH is 1. The van der Waals surface area contributed by atoms with Crippen molar-refractivity contribution in [3.05, 3.63) is 64.2 Å². The first-order chi connectivity index (χ1) is 15.1. The van der Waals surface area contributed by atoms with Gasteiger partial charge in [-0.3, -0.25) is 4.90 Å². The van der Waals surface area contributed by atoms with E-state index in [1.54, 1.807) is 18.2 Å². The van der Waals surface area contributed by atoms with Gasteiger partial charge in [-0.25, -0.2) is 4.79 Å². The Morgan fingerprint density at radius 2 is 1.94 bits per heavy atom. The maximum atomic E-state index is 11.6. The maximum absolute atomic E-state index is 11.6. The number of methoxy groups -OCH3 is 1. The summed E-state index contributed by atoms with van der Waals surface area (Å²) in [4.78, 5) is 16.3. The summed E-state index contributed by atoms with van der Waals surface area (Å²) in [7, 11) is 1.53. The van der Waals surface area contributed by atoms with Crippen molar-refractivity contribution < 1.29 is 19.4 Å². The molecule has 2 aromatic carbocycles. The Labute approximate surface area is 182 Å². The van der Waals surface area contributed by atoms with Crippen LogP contribution in [-0.4, -0.2) is 67.3 Å². The van der Waals surface area contributed by atoms with Gasteiger partial charge in [-0.2, -0.15) is 5.26 Å². The van der Waals surface area contributed by atoms with Gasteiger partial charge in [0, 0.05) is 44.8 Å². The molecule has 0 saturated carbocycles. The fraction of sp³-hybridized carbons (Fsp3) is 0.417. The van der Waals surface area contributed by atoms with E-state index in [-0.39, 0.29) is 5.97 Å². The van der Waals surface area contributed by atoms with Crippen molar-refractivity contribution in [2.75, 3.05) is 46.4 Å². The van der Waals surface area contributed by atoms with Gasteiger partial charge in [0.05, 0.1) is 24.3 Å². The summed E-state index contributed by atoms with van der Waals surface area (Å²) in [5, 5.41) is 19.8. The van der Waals surface area contributed by atoms with Gasteiger partial charge in [0.2, 0.25) is 0 Å². The number of hydrogen-bond donors (Lipinski definition) is 1. The van der Waals surface area contributed by atoms with Gasteiger partial charge in [-0.05, 0) is 35.7 Å². The van der Waals surface area contributed by atoms with Crippen molar-refractivity contribution in [1.82, 2.24) is 9.80 Å². The number of ether oxygens (including phenoxy) is 2. The van der Waals surface area contributed by atoms with Crippen LogP contribution in [0.3, 0.4) is 0 Å². The minimum atomic E-state index is -0.621. The quantitative estimate of drug-likeness (QED) is 0.686. The predicted molar refractivity (Wildman–Crippen MR) is 115 cm³/mol. The second-order valence-corrected chi connectivity index (χ2v) is 8.05. The highest BCUT2D eigenvalue weighted by molar-refractivity contribution is 5.93. The van der Waals surface area contributed by atoms with Gasteiger partial charge < -0.3 is 19.5 Å². The second-order valence-electron chi connectivity index (χ2n) is 8.05. The number of hydrogen-bond acceptors (Lipinski definition) is 7. The number of carbonyl (C=O) groups is 1. The minimum Gasteiger partial charge on any atom is -0.495 e. The number of nitrogens with zero attached hydrogens (tertiary/aromatic N) is 3. The predicted octanol–water partition coefficient (Wildman–Crippen LogP) is 2.13. The summed E-state index contributed by atoms with van der Waals surface area (Å²) < 4.78 is 10.3. The number of esters is 1. The Kier molecular flexibility index (Phi) is 6.52. The third kappa shape index (κ3) is 4.88. The number of β-amino-alcohol motifs (C(OH)–C–C–N with tert-alkyl or cyclic N) is 1. The zero-order valence-electron chi connectivity index (χ0n) is 17.7. The Morgan fingerprint density at radius 1 is 1.16 bits per heavy atom. The van der Waals surface area contributed by atoms with Gasteiger partial charge in [-0.15, -0.1) is 0 Å². The Bertz CT molecular complexity index is 993. The van der Waals surface area contributed by atoms with Crippen LogP contribution in [0, 0.1) is 11.3 Å². The Balaban J connectivity index is 1.24. The first-order valence-electron chi connectivity index (χ1n) is 10.6. The molecular formula is C24H27N3O4. The molecule has 1 atom stereocenters. The molecule has 162 valence electrons. The molecule has 0 bridgehead atoms.